The number of ketones is 1. The lowest BCUT2D eigenvalue weighted by Gasteiger charge is -2.64. The average Bonchev–Trinajstić information content (AvgIpc) is 3.40. The highest BCUT2D eigenvalue weighted by atomic mass is 16.6. The van der Waals surface area contributed by atoms with Gasteiger partial charge in [0.1, 0.15) is 23.4 Å². The zero-order valence-corrected chi connectivity index (χ0v) is 29.8. The monoisotopic (exact) mass is 692 g/mol. The normalized spacial score (nSPS) is 43.6. The Labute approximate surface area is 285 Å². The second kappa shape index (κ2) is 12.3. The van der Waals surface area contributed by atoms with Crippen molar-refractivity contribution in [3.05, 3.63) is 0 Å². The van der Waals surface area contributed by atoms with Crippen LogP contribution in [0.1, 0.15) is 88.5 Å². The Morgan fingerprint density at radius 2 is 1.41 bits per heavy atom. The van der Waals surface area contributed by atoms with Crippen molar-refractivity contribution in [2.45, 2.75) is 130 Å². The number of hydrogen-bond donors (Lipinski definition) is 0. The van der Waals surface area contributed by atoms with Crippen LogP contribution in [0.3, 0.4) is 0 Å². The molecule has 4 saturated carbocycles. The molecule has 0 amide bonds. The summed E-state index contributed by atoms with van der Waals surface area (Å²) in [4.78, 5) is 93.1. The van der Waals surface area contributed by atoms with Crippen molar-refractivity contribution in [2.75, 3.05) is 6.61 Å². The first kappa shape index (κ1) is 36.7. The lowest BCUT2D eigenvalue weighted by molar-refractivity contribution is -0.261. The van der Waals surface area contributed by atoms with Crippen molar-refractivity contribution >= 4 is 41.6 Å². The van der Waals surface area contributed by atoms with Gasteiger partial charge in [-0.25, -0.2) is 0 Å². The maximum absolute atomic E-state index is 15.4. The largest absolute Gasteiger partial charge is 0.462 e. The van der Waals surface area contributed by atoms with Gasteiger partial charge in [-0.2, -0.15) is 0 Å². The van der Waals surface area contributed by atoms with Gasteiger partial charge in [0, 0.05) is 52.4 Å². The van der Waals surface area contributed by atoms with Gasteiger partial charge in [0.25, 0.3) is 0 Å². The van der Waals surface area contributed by atoms with Crippen LogP contribution in [0, 0.1) is 40.9 Å². The fourth-order valence-electron chi connectivity index (χ4n) is 10.3. The van der Waals surface area contributed by atoms with Gasteiger partial charge in [-0.15, -0.1) is 0 Å². The first-order valence-electron chi connectivity index (χ1n) is 17.0. The first-order valence-corrected chi connectivity index (χ1v) is 17.0. The van der Waals surface area contributed by atoms with E-state index in [-0.39, 0.29) is 19.4 Å². The fraction of sp³-hybridized carbons (Fsp3) is 0.800. The van der Waals surface area contributed by atoms with Crippen molar-refractivity contribution < 1.29 is 66.7 Å². The van der Waals surface area contributed by atoms with Crippen molar-refractivity contribution in [2.24, 2.45) is 40.9 Å². The van der Waals surface area contributed by atoms with E-state index in [0.29, 0.717) is 6.42 Å². The number of Topliss-reactive ketones (excluding diaryl/α,β-unsaturated/α-hetero) is 1. The van der Waals surface area contributed by atoms with Crippen molar-refractivity contribution in [1.82, 2.24) is 0 Å². The summed E-state index contributed by atoms with van der Waals surface area (Å²) in [6, 6.07) is 0. The van der Waals surface area contributed by atoms with E-state index in [9.17, 15) is 28.8 Å². The minimum atomic E-state index is -1.84. The van der Waals surface area contributed by atoms with Crippen LogP contribution in [0.5, 0.6) is 0 Å². The van der Waals surface area contributed by atoms with E-state index in [4.69, 9.17) is 33.2 Å². The Hall–Kier alpha value is -3.55. The molecule has 0 radical (unpaired) electrons. The van der Waals surface area contributed by atoms with E-state index >= 15 is 4.79 Å². The van der Waals surface area contributed by atoms with Crippen LogP contribution in [-0.2, 0) is 66.7 Å². The molecule has 2 bridgehead atoms. The maximum Gasteiger partial charge on any atom is 0.309 e. The molecule has 1 heterocycles. The molecule has 4 aliphatic carbocycles. The SMILES string of the molecule is CCC(C)C(=O)O[C@H]1C(=O)[C@]23CO[C@@](C)(C2C2[C@H]1C[C@]2(C)OC(C)=O)[C@H](OC(C)=O)[C@@]1(OC(C)=O)C[C@H](C)[C@H](OC(C)=O)[C@@H]1[C@H]3OC(C)=O. The van der Waals surface area contributed by atoms with Crippen LogP contribution in [0.15, 0.2) is 0 Å². The van der Waals surface area contributed by atoms with Crippen molar-refractivity contribution in [3.63, 3.8) is 0 Å². The number of ether oxygens (including phenoxy) is 7. The van der Waals surface area contributed by atoms with Gasteiger partial charge in [-0.05, 0) is 39.0 Å². The highest BCUT2D eigenvalue weighted by Crippen LogP contribution is 2.73. The number of carbonyl (C=O) groups is 7. The van der Waals surface area contributed by atoms with Gasteiger partial charge in [0.15, 0.2) is 23.6 Å². The summed E-state index contributed by atoms with van der Waals surface area (Å²) in [6.07, 6.45) is -4.79. The smallest absolute Gasteiger partial charge is 0.309 e. The second-order valence-electron chi connectivity index (χ2n) is 15.2. The van der Waals surface area contributed by atoms with Gasteiger partial charge in [0.2, 0.25) is 0 Å². The summed E-state index contributed by atoms with van der Waals surface area (Å²) in [5.41, 5.74) is -6.53. The molecule has 1 aliphatic heterocycles. The highest BCUT2D eigenvalue weighted by Gasteiger charge is 2.86. The topological polar surface area (TPSA) is 184 Å². The minimum Gasteiger partial charge on any atom is -0.462 e. The summed E-state index contributed by atoms with van der Waals surface area (Å²) in [6.45, 7) is 14.2. The molecule has 0 aromatic carbocycles. The third-order valence-electron chi connectivity index (χ3n) is 11.8. The van der Waals surface area contributed by atoms with E-state index in [1.807, 2.05) is 6.92 Å². The van der Waals surface area contributed by atoms with Gasteiger partial charge in [-0.1, -0.05) is 20.8 Å². The molecule has 272 valence electrons. The summed E-state index contributed by atoms with van der Waals surface area (Å²) < 4.78 is 43.0. The Bertz CT molecular complexity index is 1460. The third-order valence-corrected chi connectivity index (χ3v) is 11.8. The van der Waals surface area contributed by atoms with Gasteiger partial charge >= 0.3 is 35.8 Å². The molecule has 5 rings (SSSR count). The zero-order chi connectivity index (χ0) is 36.6. The lowest BCUT2D eigenvalue weighted by Crippen LogP contribution is -2.75. The van der Waals surface area contributed by atoms with E-state index in [1.54, 1.807) is 27.7 Å². The minimum absolute atomic E-state index is 0.0252. The molecule has 0 spiro atoms. The Kier molecular flexibility index (Phi) is 9.25. The molecule has 0 aromatic rings. The number of esters is 6. The average molecular weight is 693 g/mol. The highest BCUT2D eigenvalue weighted by molar-refractivity contribution is 5.95. The summed E-state index contributed by atoms with van der Waals surface area (Å²) in [5.74, 6) is -9.53. The first-order chi connectivity index (χ1) is 22.7. The number of fused-ring (bicyclic) bond motifs is 2. The molecule has 0 N–H and O–H groups in total. The number of rotatable bonds is 8. The van der Waals surface area contributed by atoms with Crippen LogP contribution < -0.4 is 0 Å². The van der Waals surface area contributed by atoms with Crippen LogP contribution in [0.4, 0.5) is 0 Å². The van der Waals surface area contributed by atoms with E-state index in [0.717, 1.165) is 6.92 Å². The van der Waals surface area contributed by atoms with Gasteiger partial charge in [0.05, 0.1) is 23.9 Å². The molecule has 1 saturated heterocycles. The second-order valence-corrected chi connectivity index (χ2v) is 15.2. The Morgan fingerprint density at radius 1 is 0.816 bits per heavy atom. The predicted octanol–water partition coefficient (Wildman–Crippen LogP) is 2.64. The van der Waals surface area contributed by atoms with Gasteiger partial charge in [-0.3, -0.25) is 33.6 Å². The van der Waals surface area contributed by atoms with E-state index in [2.05, 4.69) is 0 Å². The molecule has 14 atom stereocenters. The fourth-order valence-corrected chi connectivity index (χ4v) is 10.3. The van der Waals surface area contributed by atoms with E-state index in [1.165, 1.54) is 27.7 Å². The molecular formula is C35H48O14. The molecule has 5 fully saturated rings. The van der Waals surface area contributed by atoms with Crippen LogP contribution in [0.25, 0.3) is 0 Å². The Morgan fingerprint density at radius 3 is 1.94 bits per heavy atom. The Balaban J connectivity index is 1.87. The third kappa shape index (κ3) is 5.43. The molecule has 14 nitrogen and oxygen atoms in total. The standard InChI is InChI=1S/C35H48O14/c1-11-15(2)30(42)47-26-22-13-32(9,48-20(7)39)23(22)27-33(10)31(46-19(6)38)35(49-21(8)40)12-16(3)25(44-17(4)36)24(35)29(45-18(5)37)34(27,14-43-33)28(26)41/h15-16,22-27,29,31H,11-14H2,1-10H3/t15?,16-,22+,23?,24+,25-,26+,27?,29+,31-,32-,33-,34-,35+/m0/s1. The van der Waals surface area contributed by atoms with Crippen molar-refractivity contribution in [3.8, 4) is 0 Å². The van der Waals surface area contributed by atoms with E-state index < -0.39 is 124 Å². The molecule has 5 aliphatic rings. The molecule has 14 heteroatoms. The summed E-state index contributed by atoms with van der Waals surface area (Å²) in [7, 11) is 0. The van der Waals surface area contributed by atoms with Gasteiger partial charge < -0.3 is 33.2 Å². The summed E-state index contributed by atoms with van der Waals surface area (Å²) in [5, 5.41) is 0. The molecule has 0 aromatic heterocycles. The zero-order valence-electron chi connectivity index (χ0n) is 29.8. The molecule has 3 unspecified atom stereocenters. The van der Waals surface area contributed by atoms with Crippen LogP contribution in [-0.4, -0.2) is 89.4 Å². The van der Waals surface area contributed by atoms with Crippen LogP contribution in [0.2, 0.25) is 0 Å². The van der Waals surface area contributed by atoms with Crippen molar-refractivity contribution in [1.29, 1.82) is 0 Å². The summed E-state index contributed by atoms with van der Waals surface area (Å²) >= 11 is 0. The number of hydrogen-bond acceptors (Lipinski definition) is 14. The number of carbonyl (C=O) groups excluding carboxylic acids is 7. The maximum atomic E-state index is 15.4. The van der Waals surface area contributed by atoms with Crippen LogP contribution >= 0.6 is 0 Å². The predicted molar refractivity (Wildman–Crippen MR) is 165 cm³/mol. The quantitative estimate of drug-likeness (QED) is 0.267. The molecular weight excluding hydrogens is 644 g/mol. The lowest BCUT2D eigenvalue weighted by atomic mass is 9.42. The molecule has 49 heavy (non-hydrogen) atoms.